The zero-order valence-electron chi connectivity index (χ0n) is 19.8. The van der Waals surface area contributed by atoms with Gasteiger partial charge in [-0.3, -0.25) is 9.36 Å². The molecule has 9 heteroatoms. The molecule has 0 aliphatic heterocycles. The molecule has 0 aliphatic rings. The lowest BCUT2D eigenvalue weighted by Gasteiger charge is -2.15. The van der Waals surface area contributed by atoms with Crippen molar-refractivity contribution in [2.45, 2.75) is 17.8 Å². The van der Waals surface area contributed by atoms with Crippen LogP contribution in [0.3, 0.4) is 0 Å². The molecular formula is C27H22ClN3O4S. The standard InChI is InChI=1S/C27H22ClN3O4S/c1-16-24(29-25(35-16)17-7-6-8-18(28)11-17)15-36-27-30-23-10-5-4-9-22(23)26(32)31(27)19-12-20(33-2)14-21(13-19)34-3/h4-14H,15H2,1-3H3. The lowest BCUT2D eigenvalue weighted by Crippen LogP contribution is -2.22. The van der Waals surface area contributed by atoms with E-state index < -0.39 is 0 Å². The second kappa shape index (κ2) is 10.1. The van der Waals surface area contributed by atoms with Gasteiger partial charge in [-0.2, -0.15) is 0 Å². The van der Waals surface area contributed by atoms with E-state index in [1.165, 1.54) is 11.8 Å². The van der Waals surface area contributed by atoms with Crippen LogP contribution in [0.25, 0.3) is 28.0 Å². The zero-order chi connectivity index (χ0) is 25.2. The fraction of sp³-hybridized carbons (Fsp3) is 0.148. The maximum atomic E-state index is 13.6. The van der Waals surface area contributed by atoms with E-state index in [0.29, 0.717) is 55.7 Å². The van der Waals surface area contributed by atoms with E-state index >= 15 is 0 Å². The summed E-state index contributed by atoms with van der Waals surface area (Å²) in [4.78, 5) is 23.1. The molecule has 0 aliphatic carbocycles. The monoisotopic (exact) mass is 519 g/mol. The van der Waals surface area contributed by atoms with Gasteiger partial charge in [0.2, 0.25) is 5.89 Å². The van der Waals surface area contributed by atoms with Crippen molar-refractivity contribution >= 4 is 34.3 Å². The van der Waals surface area contributed by atoms with Crippen LogP contribution < -0.4 is 15.0 Å². The summed E-state index contributed by atoms with van der Waals surface area (Å²) in [5.41, 5.74) is 2.58. The summed E-state index contributed by atoms with van der Waals surface area (Å²) in [6.07, 6.45) is 0. The molecule has 5 aromatic rings. The number of thioether (sulfide) groups is 1. The molecule has 0 amide bonds. The topological polar surface area (TPSA) is 79.4 Å². The zero-order valence-corrected chi connectivity index (χ0v) is 21.4. The Morgan fingerprint density at radius 2 is 1.72 bits per heavy atom. The van der Waals surface area contributed by atoms with Crippen LogP contribution in [-0.2, 0) is 5.75 Å². The smallest absolute Gasteiger partial charge is 0.266 e. The van der Waals surface area contributed by atoms with Crippen molar-refractivity contribution in [3.8, 4) is 28.6 Å². The van der Waals surface area contributed by atoms with Crippen molar-refractivity contribution in [2.24, 2.45) is 0 Å². The first-order valence-electron chi connectivity index (χ1n) is 11.1. The Labute approximate surface area is 216 Å². The largest absolute Gasteiger partial charge is 0.497 e. The molecule has 0 saturated heterocycles. The minimum atomic E-state index is -0.185. The number of oxazole rings is 1. The number of aryl methyl sites for hydroxylation is 1. The number of nitrogens with zero attached hydrogens (tertiary/aromatic N) is 3. The van der Waals surface area contributed by atoms with Gasteiger partial charge in [0.15, 0.2) is 5.16 Å². The molecule has 0 fully saturated rings. The quantitative estimate of drug-likeness (QED) is 0.184. The van der Waals surface area contributed by atoms with Crippen LogP contribution >= 0.6 is 23.4 Å². The predicted octanol–water partition coefficient (Wildman–Crippen LogP) is 6.31. The molecule has 2 heterocycles. The SMILES string of the molecule is COc1cc(OC)cc(-n2c(SCc3nc(-c4cccc(Cl)c4)oc3C)nc3ccccc3c2=O)c1. The molecule has 0 spiro atoms. The number of benzene rings is 3. The first-order chi connectivity index (χ1) is 17.5. The predicted molar refractivity (Wildman–Crippen MR) is 142 cm³/mol. The highest BCUT2D eigenvalue weighted by molar-refractivity contribution is 7.98. The Hall–Kier alpha value is -3.75. The molecule has 3 aromatic carbocycles. The Morgan fingerprint density at radius 3 is 2.44 bits per heavy atom. The first-order valence-corrected chi connectivity index (χ1v) is 12.4. The summed E-state index contributed by atoms with van der Waals surface area (Å²) >= 11 is 7.53. The second-order valence-electron chi connectivity index (χ2n) is 7.94. The van der Waals surface area contributed by atoms with E-state index in [4.69, 9.17) is 30.5 Å². The number of hydrogen-bond donors (Lipinski definition) is 0. The highest BCUT2D eigenvalue weighted by Crippen LogP contribution is 2.31. The van der Waals surface area contributed by atoms with Crippen molar-refractivity contribution in [1.82, 2.24) is 14.5 Å². The molecule has 182 valence electrons. The number of ether oxygens (including phenoxy) is 2. The minimum Gasteiger partial charge on any atom is -0.497 e. The number of aromatic nitrogens is 3. The van der Waals surface area contributed by atoms with E-state index in [1.807, 2.05) is 43.3 Å². The fourth-order valence-corrected chi connectivity index (χ4v) is 5.00. The molecule has 0 bridgehead atoms. The Kier molecular flexibility index (Phi) is 6.71. The van der Waals surface area contributed by atoms with Gasteiger partial charge in [0.05, 0.1) is 36.5 Å². The van der Waals surface area contributed by atoms with Gasteiger partial charge in [-0.15, -0.1) is 0 Å². The number of hydrogen-bond acceptors (Lipinski definition) is 7. The molecule has 5 rings (SSSR count). The maximum Gasteiger partial charge on any atom is 0.266 e. The summed E-state index contributed by atoms with van der Waals surface area (Å²) in [7, 11) is 3.14. The fourth-order valence-electron chi connectivity index (χ4n) is 3.80. The van der Waals surface area contributed by atoms with Crippen molar-refractivity contribution in [3.63, 3.8) is 0 Å². The lowest BCUT2D eigenvalue weighted by molar-refractivity contribution is 0.394. The molecule has 0 atom stereocenters. The Morgan fingerprint density at radius 1 is 0.972 bits per heavy atom. The number of fused-ring (bicyclic) bond motifs is 1. The van der Waals surface area contributed by atoms with Gasteiger partial charge in [-0.1, -0.05) is 41.6 Å². The number of para-hydroxylation sites is 1. The Balaban J connectivity index is 1.57. The average Bonchev–Trinajstić information content (AvgIpc) is 3.27. The van der Waals surface area contributed by atoms with E-state index in [1.54, 1.807) is 49.1 Å². The average molecular weight is 520 g/mol. The third kappa shape index (κ3) is 4.69. The maximum absolute atomic E-state index is 13.6. The molecule has 2 aromatic heterocycles. The second-order valence-corrected chi connectivity index (χ2v) is 9.32. The lowest BCUT2D eigenvalue weighted by atomic mass is 10.2. The van der Waals surface area contributed by atoms with Gasteiger partial charge in [0.1, 0.15) is 17.3 Å². The van der Waals surface area contributed by atoms with E-state index in [2.05, 4.69) is 4.98 Å². The van der Waals surface area contributed by atoms with Crippen molar-refractivity contribution in [2.75, 3.05) is 14.2 Å². The third-order valence-corrected chi connectivity index (χ3v) is 6.83. The summed E-state index contributed by atoms with van der Waals surface area (Å²) in [5.74, 6) is 2.77. The molecule has 0 radical (unpaired) electrons. The molecule has 36 heavy (non-hydrogen) atoms. The first kappa shape index (κ1) is 24.0. The minimum absolute atomic E-state index is 0.185. The van der Waals surface area contributed by atoms with E-state index in [-0.39, 0.29) is 5.56 Å². The molecule has 0 N–H and O–H groups in total. The van der Waals surface area contributed by atoms with Crippen molar-refractivity contribution in [3.05, 3.63) is 93.6 Å². The molecule has 0 saturated carbocycles. The Bertz CT molecular complexity index is 1610. The van der Waals surface area contributed by atoms with Gasteiger partial charge < -0.3 is 13.9 Å². The van der Waals surface area contributed by atoms with Gasteiger partial charge in [-0.25, -0.2) is 9.97 Å². The number of rotatable bonds is 7. The number of methoxy groups -OCH3 is 2. The summed E-state index contributed by atoms with van der Waals surface area (Å²) < 4.78 is 18.3. The van der Waals surface area contributed by atoms with Crippen molar-refractivity contribution in [1.29, 1.82) is 0 Å². The van der Waals surface area contributed by atoms with Crippen LogP contribution in [0.1, 0.15) is 11.5 Å². The van der Waals surface area contributed by atoms with Gasteiger partial charge in [-0.05, 0) is 37.3 Å². The molecule has 0 unspecified atom stereocenters. The highest BCUT2D eigenvalue weighted by atomic mass is 35.5. The summed E-state index contributed by atoms with van der Waals surface area (Å²) in [5, 5.41) is 1.64. The van der Waals surface area contributed by atoms with E-state index in [0.717, 1.165) is 11.3 Å². The summed E-state index contributed by atoms with van der Waals surface area (Å²) in [6, 6.07) is 20.0. The highest BCUT2D eigenvalue weighted by Gasteiger charge is 2.18. The van der Waals surface area contributed by atoms with Crippen LogP contribution in [0.15, 0.2) is 81.1 Å². The third-order valence-electron chi connectivity index (χ3n) is 5.64. The summed E-state index contributed by atoms with van der Waals surface area (Å²) in [6.45, 7) is 1.87. The van der Waals surface area contributed by atoms with Gasteiger partial charge in [0, 0.05) is 34.5 Å². The van der Waals surface area contributed by atoms with E-state index in [9.17, 15) is 4.79 Å². The normalized spacial score (nSPS) is 11.1. The van der Waals surface area contributed by atoms with Gasteiger partial charge >= 0.3 is 0 Å². The van der Waals surface area contributed by atoms with Gasteiger partial charge in [0.25, 0.3) is 5.56 Å². The molecular weight excluding hydrogens is 498 g/mol. The molecule has 7 nitrogen and oxygen atoms in total. The van der Waals surface area contributed by atoms with Crippen molar-refractivity contribution < 1.29 is 13.9 Å². The number of halogens is 1. The van der Waals surface area contributed by atoms with Crippen LogP contribution in [0.4, 0.5) is 0 Å². The van der Waals surface area contributed by atoms with Crippen LogP contribution in [0, 0.1) is 6.92 Å². The van der Waals surface area contributed by atoms with Crippen LogP contribution in [0.5, 0.6) is 11.5 Å². The van der Waals surface area contributed by atoms with Crippen LogP contribution in [-0.4, -0.2) is 28.8 Å². The van der Waals surface area contributed by atoms with Crippen LogP contribution in [0.2, 0.25) is 5.02 Å².